The van der Waals surface area contributed by atoms with Gasteiger partial charge in [-0.2, -0.15) is 4.89 Å². The quantitative estimate of drug-likeness (QED) is 0.221. The van der Waals surface area contributed by atoms with Crippen molar-refractivity contribution in [2.75, 3.05) is 6.61 Å². The number of hydrogen-bond acceptors (Lipinski definition) is 7. The van der Waals surface area contributed by atoms with Crippen LogP contribution in [0.2, 0.25) is 0 Å². The number of carbonyl (C=O) groups is 1. The Hall–Kier alpha value is -0.770. The summed E-state index contributed by atoms with van der Waals surface area (Å²) in [6.45, 7) is 7.45. The summed E-state index contributed by atoms with van der Waals surface area (Å²) in [7, 11) is 0. The molecule has 1 aliphatic carbocycles. The lowest BCUT2D eigenvalue weighted by atomic mass is 9.55. The molecule has 3 N–H and O–H groups in total. The van der Waals surface area contributed by atoms with Crippen LogP contribution in [0.5, 0.6) is 0 Å². The number of carbonyl (C=O) groups excluding carboxylic acids is 1. The van der Waals surface area contributed by atoms with Crippen molar-refractivity contribution in [3.05, 3.63) is 0 Å². The molecule has 2 rings (SSSR count). The van der Waals surface area contributed by atoms with Crippen molar-refractivity contribution < 1.29 is 35.0 Å². The molecule has 1 saturated carbocycles. The second-order valence-corrected chi connectivity index (χ2v) is 6.50. The summed E-state index contributed by atoms with van der Waals surface area (Å²) in [4.78, 5) is 21.5. The summed E-state index contributed by atoms with van der Waals surface area (Å²) in [6.07, 6.45) is -1.99. The molecule has 1 saturated heterocycles. The predicted octanol–water partition coefficient (Wildman–Crippen LogP) is 0.403. The zero-order chi connectivity index (χ0) is 16.7. The van der Waals surface area contributed by atoms with Gasteiger partial charge in [-0.15, -0.1) is 0 Å². The first kappa shape index (κ1) is 17.6. The molecule has 6 atom stereocenters. The molecule has 1 spiro atoms. The molecule has 1 amide bonds. The minimum Gasteiger partial charge on any atom is -0.388 e. The zero-order valence-corrected chi connectivity index (χ0v) is 13.4. The fourth-order valence-electron chi connectivity index (χ4n) is 3.51. The highest BCUT2D eigenvalue weighted by atomic mass is 17.5. The van der Waals surface area contributed by atoms with Gasteiger partial charge >= 0.3 is 0 Å². The average Bonchev–Trinajstić information content (AvgIpc) is 2.51. The second kappa shape index (κ2) is 6.03. The Labute approximate surface area is 129 Å². The van der Waals surface area contributed by atoms with Crippen molar-refractivity contribution in [1.29, 1.82) is 0 Å². The molecule has 8 heteroatoms. The molecule has 2 fully saturated rings. The standard InChI is InChI=1S/C14H25NO7/c1-5-6-20-22-21-13(4)8(2)9(3)14(12(18)11(13)17)7-10(16)15(14)19/h8-9,11-12,17-19H,5-7H2,1-4H3/t8-,9+,11+,12-,13-,14?/m0/s1. The van der Waals surface area contributed by atoms with Gasteiger partial charge < -0.3 is 10.2 Å². The monoisotopic (exact) mass is 319 g/mol. The number of β-lactam (4-membered cyclic amide) rings is 1. The molecule has 0 aromatic rings. The van der Waals surface area contributed by atoms with Crippen LogP contribution in [0, 0.1) is 11.8 Å². The van der Waals surface area contributed by atoms with Gasteiger partial charge in [-0.05, 0) is 25.2 Å². The molecule has 1 aliphatic heterocycles. The van der Waals surface area contributed by atoms with Crippen molar-refractivity contribution in [3.63, 3.8) is 0 Å². The molecule has 1 unspecified atom stereocenters. The van der Waals surface area contributed by atoms with Gasteiger partial charge in [-0.25, -0.2) is 9.95 Å². The summed E-state index contributed by atoms with van der Waals surface area (Å²) in [6, 6.07) is 0. The third-order valence-corrected chi connectivity index (χ3v) is 5.46. The van der Waals surface area contributed by atoms with E-state index in [1.165, 1.54) is 0 Å². The van der Waals surface area contributed by atoms with Crippen LogP contribution in [0.15, 0.2) is 0 Å². The number of amides is 1. The number of aliphatic hydroxyl groups is 2. The largest absolute Gasteiger partial charge is 0.388 e. The van der Waals surface area contributed by atoms with E-state index in [-0.39, 0.29) is 18.3 Å². The zero-order valence-electron chi connectivity index (χ0n) is 13.4. The highest BCUT2D eigenvalue weighted by Gasteiger charge is 2.69. The number of rotatable bonds is 5. The van der Waals surface area contributed by atoms with Gasteiger partial charge in [0.25, 0.3) is 0 Å². The fraction of sp³-hybridized carbons (Fsp3) is 0.929. The molecule has 0 radical (unpaired) electrons. The van der Waals surface area contributed by atoms with Crippen LogP contribution in [-0.4, -0.2) is 56.3 Å². The van der Waals surface area contributed by atoms with Gasteiger partial charge in [0.2, 0.25) is 5.91 Å². The third kappa shape index (κ3) is 2.26. The van der Waals surface area contributed by atoms with Gasteiger partial charge in [0.15, 0.2) is 0 Å². The van der Waals surface area contributed by atoms with E-state index >= 15 is 0 Å². The van der Waals surface area contributed by atoms with Crippen LogP contribution in [0.4, 0.5) is 0 Å². The van der Waals surface area contributed by atoms with E-state index < -0.39 is 29.3 Å². The van der Waals surface area contributed by atoms with E-state index in [2.05, 4.69) is 0 Å². The number of hydroxylamine groups is 2. The SMILES string of the molecule is CCCOOO[C@]1(C)[C@H](O)[C@H](O)C2(CC(=O)N2O)[C@H](C)[C@@H]1C. The Kier molecular flexibility index (Phi) is 4.82. The Balaban J connectivity index is 2.18. The van der Waals surface area contributed by atoms with E-state index in [1.807, 2.05) is 6.92 Å². The van der Waals surface area contributed by atoms with Crippen LogP contribution >= 0.6 is 0 Å². The lowest BCUT2D eigenvalue weighted by Gasteiger charge is -2.62. The molecular formula is C14H25NO7. The smallest absolute Gasteiger partial charge is 0.249 e. The molecule has 128 valence electrons. The molecule has 0 bridgehead atoms. The second-order valence-electron chi connectivity index (χ2n) is 6.50. The Morgan fingerprint density at radius 2 is 1.91 bits per heavy atom. The van der Waals surface area contributed by atoms with Crippen LogP contribution in [0.25, 0.3) is 0 Å². The average molecular weight is 319 g/mol. The summed E-state index contributed by atoms with van der Waals surface area (Å²) in [5.74, 6) is -1.12. The molecule has 1 heterocycles. The first-order chi connectivity index (χ1) is 10.2. The van der Waals surface area contributed by atoms with E-state index in [9.17, 15) is 20.2 Å². The van der Waals surface area contributed by atoms with Crippen LogP contribution in [0.1, 0.15) is 40.5 Å². The molecule has 0 aromatic heterocycles. The topological polar surface area (TPSA) is 109 Å². The maximum absolute atomic E-state index is 11.4. The predicted molar refractivity (Wildman–Crippen MR) is 73.1 cm³/mol. The highest BCUT2D eigenvalue weighted by molar-refractivity contribution is 5.84. The third-order valence-electron chi connectivity index (χ3n) is 5.46. The van der Waals surface area contributed by atoms with Crippen LogP contribution < -0.4 is 0 Å². The maximum Gasteiger partial charge on any atom is 0.249 e. The first-order valence-electron chi connectivity index (χ1n) is 7.58. The summed E-state index contributed by atoms with van der Waals surface area (Å²) >= 11 is 0. The summed E-state index contributed by atoms with van der Waals surface area (Å²) < 4.78 is 0. The normalized spacial score (nSPS) is 45.2. The highest BCUT2D eigenvalue weighted by Crippen LogP contribution is 2.53. The van der Waals surface area contributed by atoms with Gasteiger partial charge in [0, 0.05) is 0 Å². The lowest BCUT2D eigenvalue weighted by Crippen LogP contribution is -2.80. The van der Waals surface area contributed by atoms with Crippen LogP contribution in [-0.2, 0) is 19.6 Å². The van der Waals surface area contributed by atoms with Gasteiger partial charge in [0.05, 0.1) is 13.0 Å². The lowest BCUT2D eigenvalue weighted by molar-refractivity contribution is -0.559. The van der Waals surface area contributed by atoms with Gasteiger partial charge in [-0.3, -0.25) is 10.0 Å². The Morgan fingerprint density at radius 1 is 1.27 bits per heavy atom. The minimum absolute atomic E-state index is 0.0174. The Bertz CT molecular complexity index is 413. The number of aliphatic hydroxyl groups excluding tert-OH is 2. The molecule has 22 heavy (non-hydrogen) atoms. The molecule has 2 aliphatic rings. The van der Waals surface area contributed by atoms with E-state index in [0.29, 0.717) is 11.7 Å². The molecule has 0 aromatic carbocycles. The summed E-state index contributed by atoms with van der Waals surface area (Å²) in [5, 5.41) is 36.1. The van der Waals surface area contributed by atoms with E-state index in [0.717, 1.165) is 6.42 Å². The molecular weight excluding hydrogens is 294 g/mol. The Morgan fingerprint density at radius 3 is 2.41 bits per heavy atom. The van der Waals surface area contributed by atoms with E-state index in [4.69, 9.17) is 14.8 Å². The van der Waals surface area contributed by atoms with Crippen molar-refractivity contribution >= 4 is 5.91 Å². The maximum atomic E-state index is 11.4. The number of nitrogens with zero attached hydrogens (tertiary/aromatic N) is 1. The van der Waals surface area contributed by atoms with E-state index in [1.54, 1.807) is 20.8 Å². The van der Waals surface area contributed by atoms with Crippen molar-refractivity contribution in [1.82, 2.24) is 5.06 Å². The molecule has 8 nitrogen and oxygen atoms in total. The van der Waals surface area contributed by atoms with Crippen molar-refractivity contribution in [2.45, 2.75) is 63.9 Å². The first-order valence-corrected chi connectivity index (χ1v) is 7.58. The van der Waals surface area contributed by atoms with Crippen molar-refractivity contribution in [2.24, 2.45) is 11.8 Å². The minimum atomic E-state index is -1.36. The fourth-order valence-corrected chi connectivity index (χ4v) is 3.51. The summed E-state index contributed by atoms with van der Waals surface area (Å²) in [5.41, 5.74) is -2.43. The van der Waals surface area contributed by atoms with Gasteiger partial charge in [0.1, 0.15) is 23.3 Å². The number of hydrogen-bond donors (Lipinski definition) is 3. The van der Waals surface area contributed by atoms with Crippen LogP contribution in [0.3, 0.4) is 0 Å². The van der Waals surface area contributed by atoms with Gasteiger partial charge in [-0.1, -0.05) is 25.8 Å². The van der Waals surface area contributed by atoms with Crippen molar-refractivity contribution in [3.8, 4) is 0 Å².